The van der Waals surface area contributed by atoms with Crippen LogP contribution in [0.3, 0.4) is 0 Å². The molecule has 2 rings (SSSR count). The molecule has 0 saturated heterocycles. The highest BCUT2D eigenvalue weighted by Gasteiger charge is 2.39. The Hall–Kier alpha value is -1.06. The van der Waals surface area contributed by atoms with E-state index >= 15 is 0 Å². The molecule has 4 heteroatoms. The summed E-state index contributed by atoms with van der Waals surface area (Å²) in [4.78, 5) is 12.2. The standard InChI is InChI=1S/C14H19ClN2O/c15-12-6-2-1-5-11(12)9-17-13(18)14(10-16)7-3-4-8-14/h1-2,5-6H,3-4,7-10,16H2,(H,17,18). The average Bonchev–Trinajstić information content (AvgIpc) is 2.87. The fourth-order valence-electron chi connectivity index (χ4n) is 2.58. The first-order valence-corrected chi connectivity index (χ1v) is 6.77. The number of amides is 1. The number of benzene rings is 1. The maximum Gasteiger partial charge on any atom is 0.227 e. The van der Waals surface area contributed by atoms with Gasteiger partial charge in [0.2, 0.25) is 5.91 Å². The van der Waals surface area contributed by atoms with Crippen molar-refractivity contribution < 1.29 is 4.79 Å². The van der Waals surface area contributed by atoms with E-state index in [1.165, 1.54) is 0 Å². The van der Waals surface area contributed by atoms with Crippen LogP contribution in [0.2, 0.25) is 5.02 Å². The maximum absolute atomic E-state index is 12.2. The van der Waals surface area contributed by atoms with E-state index in [0.717, 1.165) is 31.2 Å². The Labute approximate surface area is 113 Å². The Morgan fingerprint density at radius 1 is 1.33 bits per heavy atom. The van der Waals surface area contributed by atoms with E-state index in [4.69, 9.17) is 17.3 Å². The summed E-state index contributed by atoms with van der Waals surface area (Å²) in [7, 11) is 0. The fourth-order valence-corrected chi connectivity index (χ4v) is 2.78. The molecular formula is C14H19ClN2O. The van der Waals surface area contributed by atoms with Crippen molar-refractivity contribution in [2.45, 2.75) is 32.2 Å². The number of nitrogens with two attached hydrogens (primary N) is 1. The highest BCUT2D eigenvalue weighted by Crippen LogP contribution is 2.37. The third-order valence-corrected chi connectivity index (χ3v) is 4.20. The van der Waals surface area contributed by atoms with Crippen LogP contribution in [0.15, 0.2) is 24.3 Å². The number of carbonyl (C=O) groups excluding carboxylic acids is 1. The molecule has 1 aromatic carbocycles. The molecule has 0 atom stereocenters. The van der Waals surface area contributed by atoms with Gasteiger partial charge in [-0.25, -0.2) is 0 Å². The molecule has 1 aliphatic carbocycles. The first-order valence-electron chi connectivity index (χ1n) is 6.40. The number of rotatable bonds is 4. The minimum absolute atomic E-state index is 0.0717. The van der Waals surface area contributed by atoms with Gasteiger partial charge in [-0.05, 0) is 24.5 Å². The summed E-state index contributed by atoms with van der Waals surface area (Å²) in [6, 6.07) is 7.55. The van der Waals surface area contributed by atoms with Crippen LogP contribution in [-0.2, 0) is 11.3 Å². The van der Waals surface area contributed by atoms with Gasteiger partial charge in [-0.3, -0.25) is 4.79 Å². The molecule has 1 aliphatic rings. The molecule has 1 fully saturated rings. The van der Waals surface area contributed by atoms with Crippen LogP contribution in [-0.4, -0.2) is 12.5 Å². The van der Waals surface area contributed by atoms with Gasteiger partial charge >= 0.3 is 0 Å². The lowest BCUT2D eigenvalue weighted by molar-refractivity contribution is -0.130. The fraction of sp³-hybridized carbons (Fsp3) is 0.500. The molecule has 0 spiro atoms. The van der Waals surface area contributed by atoms with E-state index in [1.54, 1.807) is 0 Å². The van der Waals surface area contributed by atoms with Crippen molar-refractivity contribution in [3.8, 4) is 0 Å². The predicted octanol–water partition coefficient (Wildman–Crippen LogP) is 2.48. The minimum Gasteiger partial charge on any atom is -0.351 e. The minimum atomic E-state index is -0.346. The maximum atomic E-state index is 12.2. The second kappa shape index (κ2) is 5.72. The third-order valence-electron chi connectivity index (χ3n) is 3.83. The summed E-state index contributed by atoms with van der Waals surface area (Å²) in [5, 5.41) is 3.66. The second-order valence-corrected chi connectivity index (χ2v) is 5.37. The smallest absolute Gasteiger partial charge is 0.227 e. The zero-order valence-electron chi connectivity index (χ0n) is 10.4. The lowest BCUT2D eigenvalue weighted by Crippen LogP contribution is -2.43. The first-order chi connectivity index (χ1) is 8.68. The van der Waals surface area contributed by atoms with Crippen molar-refractivity contribution in [2.75, 3.05) is 6.54 Å². The van der Waals surface area contributed by atoms with Crippen molar-refractivity contribution in [2.24, 2.45) is 11.1 Å². The van der Waals surface area contributed by atoms with Crippen LogP contribution in [0.25, 0.3) is 0 Å². The van der Waals surface area contributed by atoms with E-state index in [-0.39, 0.29) is 11.3 Å². The molecule has 1 saturated carbocycles. The normalized spacial score (nSPS) is 17.7. The van der Waals surface area contributed by atoms with Crippen LogP contribution < -0.4 is 11.1 Å². The van der Waals surface area contributed by atoms with E-state index in [1.807, 2.05) is 24.3 Å². The van der Waals surface area contributed by atoms with Crippen LogP contribution in [0.5, 0.6) is 0 Å². The Bertz CT molecular complexity index is 428. The molecule has 0 aromatic heterocycles. The van der Waals surface area contributed by atoms with Crippen LogP contribution >= 0.6 is 11.6 Å². The largest absolute Gasteiger partial charge is 0.351 e. The van der Waals surface area contributed by atoms with Gasteiger partial charge in [-0.15, -0.1) is 0 Å². The Morgan fingerprint density at radius 3 is 2.61 bits per heavy atom. The average molecular weight is 267 g/mol. The molecule has 0 aliphatic heterocycles. The third kappa shape index (κ3) is 2.68. The second-order valence-electron chi connectivity index (χ2n) is 4.97. The lowest BCUT2D eigenvalue weighted by Gasteiger charge is -2.25. The zero-order chi connectivity index (χ0) is 13.0. The molecule has 1 aromatic rings. The van der Waals surface area contributed by atoms with E-state index in [2.05, 4.69) is 5.32 Å². The van der Waals surface area contributed by atoms with Crippen molar-refractivity contribution in [3.63, 3.8) is 0 Å². The quantitative estimate of drug-likeness (QED) is 0.880. The number of hydrogen-bond acceptors (Lipinski definition) is 2. The topological polar surface area (TPSA) is 55.1 Å². The van der Waals surface area contributed by atoms with Crippen molar-refractivity contribution in [1.29, 1.82) is 0 Å². The Morgan fingerprint density at radius 2 is 2.00 bits per heavy atom. The SMILES string of the molecule is NCC1(C(=O)NCc2ccccc2Cl)CCCC1. The van der Waals surface area contributed by atoms with Crippen molar-refractivity contribution >= 4 is 17.5 Å². The number of hydrogen-bond donors (Lipinski definition) is 2. The summed E-state index contributed by atoms with van der Waals surface area (Å²) in [6.45, 7) is 0.904. The Kier molecular flexibility index (Phi) is 4.25. The number of nitrogens with one attached hydrogen (secondary N) is 1. The van der Waals surface area contributed by atoms with Gasteiger partial charge in [0.05, 0.1) is 5.41 Å². The molecule has 3 nitrogen and oxygen atoms in total. The van der Waals surface area contributed by atoms with Crippen LogP contribution in [0.1, 0.15) is 31.2 Å². The molecule has 0 bridgehead atoms. The summed E-state index contributed by atoms with van der Waals surface area (Å²) >= 11 is 6.06. The zero-order valence-corrected chi connectivity index (χ0v) is 11.2. The summed E-state index contributed by atoms with van der Waals surface area (Å²) < 4.78 is 0. The van der Waals surface area contributed by atoms with E-state index in [0.29, 0.717) is 18.1 Å². The molecule has 0 radical (unpaired) electrons. The summed E-state index contributed by atoms with van der Waals surface area (Å²) in [5.74, 6) is 0.0717. The van der Waals surface area contributed by atoms with Crippen LogP contribution in [0, 0.1) is 5.41 Å². The summed E-state index contributed by atoms with van der Waals surface area (Å²) in [6.07, 6.45) is 3.99. The van der Waals surface area contributed by atoms with Gasteiger partial charge in [0, 0.05) is 18.1 Å². The highest BCUT2D eigenvalue weighted by atomic mass is 35.5. The van der Waals surface area contributed by atoms with Gasteiger partial charge in [-0.2, -0.15) is 0 Å². The van der Waals surface area contributed by atoms with E-state index < -0.39 is 0 Å². The highest BCUT2D eigenvalue weighted by molar-refractivity contribution is 6.31. The molecule has 0 unspecified atom stereocenters. The predicted molar refractivity (Wildman–Crippen MR) is 73.3 cm³/mol. The number of carbonyl (C=O) groups is 1. The molecule has 1 amide bonds. The lowest BCUT2D eigenvalue weighted by atomic mass is 9.85. The van der Waals surface area contributed by atoms with Crippen LogP contribution in [0.4, 0.5) is 0 Å². The molecule has 3 N–H and O–H groups in total. The first kappa shape index (κ1) is 13.4. The van der Waals surface area contributed by atoms with Crippen molar-refractivity contribution in [3.05, 3.63) is 34.9 Å². The Balaban J connectivity index is 1.98. The van der Waals surface area contributed by atoms with Crippen molar-refractivity contribution in [1.82, 2.24) is 5.32 Å². The summed E-state index contributed by atoms with van der Waals surface area (Å²) in [5.41, 5.74) is 6.38. The number of halogens is 1. The van der Waals surface area contributed by atoms with Gasteiger partial charge < -0.3 is 11.1 Å². The van der Waals surface area contributed by atoms with Gasteiger partial charge in [0.15, 0.2) is 0 Å². The monoisotopic (exact) mass is 266 g/mol. The van der Waals surface area contributed by atoms with E-state index in [9.17, 15) is 4.79 Å². The molecule has 18 heavy (non-hydrogen) atoms. The van der Waals surface area contributed by atoms with Gasteiger partial charge in [0.25, 0.3) is 0 Å². The molecule has 0 heterocycles. The van der Waals surface area contributed by atoms with Gasteiger partial charge in [0.1, 0.15) is 0 Å². The molecular weight excluding hydrogens is 248 g/mol. The van der Waals surface area contributed by atoms with Gasteiger partial charge in [-0.1, -0.05) is 42.6 Å². The molecule has 98 valence electrons.